The molecule has 3 rings (SSSR count). The molecule has 0 aliphatic heterocycles. The fraction of sp³-hybridized carbons (Fsp3) is 0.105. The zero-order valence-electron chi connectivity index (χ0n) is 12.8. The quantitative estimate of drug-likeness (QED) is 0.776. The van der Waals surface area contributed by atoms with Crippen LogP contribution in [-0.2, 0) is 11.0 Å². The van der Waals surface area contributed by atoms with Gasteiger partial charge < -0.3 is 0 Å². The summed E-state index contributed by atoms with van der Waals surface area (Å²) in [6.45, 7) is 2.01. The van der Waals surface area contributed by atoms with Crippen LogP contribution in [0.1, 0.15) is 22.9 Å². The fourth-order valence-electron chi connectivity index (χ4n) is 2.33. The Hall–Kier alpha value is -2.30. The number of aryl methyl sites for hydroxylation is 1. The van der Waals surface area contributed by atoms with Crippen LogP contribution < -0.4 is 4.72 Å². The molecule has 0 radical (unpaired) electrons. The summed E-state index contributed by atoms with van der Waals surface area (Å²) >= 11 is 0. The lowest BCUT2D eigenvalue weighted by Crippen LogP contribution is -2.25. The van der Waals surface area contributed by atoms with E-state index in [1.54, 1.807) is 6.20 Å². The van der Waals surface area contributed by atoms with Crippen molar-refractivity contribution in [3.05, 3.63) is 95.8 Å². The Bertz CT molecular complexity index is 734. The van der Waals surface area contributed by atoms with Crippen LogP contribution in [0.15, 0.2) is 83.9 Å². The average molecular weight is 322 g/mol. The number of nitrogens with zero attached hydrogens (tertiary/aromatic N) is 1. The second-order valence-corrected chi connectivity index (χ2v) is 6.54. The minimum atomic E-state index is -1.31. The van der Waals surface area contributed by atoms with Crippen molar-refractivity contribution in [1.29, 1.82) is 0 Å². The third-order valence-corrected chi connectivity index (χ3v) is 4.73. The Labute approximate surface area is 139 Å². The summed E-state index contributed by atoms with van der Waals surface area (Å²) in [5, 5.41) is 0. The van der Waals surface area contributed by atoms with Gasteiger partial charge in [0.1, 0.15) is 11.0 Å². The minimum Gasteiger partial charge on any atom is -0.259 e. The van der Waals surface area contributed by atoms with Crippen molar-refractivity contribution >= 4 is 11.0 Å². The molecule has 1 N–H and O–H groups in total. The molecular weight excluding hydrogens is 304 g/mol. The second kappa shape index (κ2) is 7.31. The van der Waals surface area contributed by atoms with Crippen molar-refractivity contribution in [1.82, 2.24) is 9.71 Å². The maximum absolute atomic E-state index is 12.7. The van der Waals surface area contributed by atoms with Gasteiger partial charge in [-0.15, -0.1) is 0 Å². The summed E-state index contributed by atoms with van der Waals surface area (Å²) < 4.78 is 15.9. The predicted octanol–water partition coefficient (Wildman–Crippen LogP) is 3.79. The largest absolute Gasteiger partial charge is 0.259 e. The maximum Gasteiger partial charge on any atom is 0.125 e. The lowest BCUT2D eigenvalue weighted by Gasteiger charge is -2.18. The van der Waals surface area contributed by atoms with E-state index in [1.807, 2.05) is 79.7 Å². The Morgan fingerprint density at radius 1 is 0.913 bits per heavy atom. The fourth-order valence-corrected chi connectivity index (χ4v) is 3.32. The van der Waals surface area contributed by atoms with Gasteiger partial charge in [-0.25, -0.2) is 8.93 Å². The highest BCUT2D eigenvalue weighted by Crippen LogP contribution is 2.21. The zero-order chi connectivity index (χ0) is 16.1. The van der Waals surface area contributed by atoms with Crippen LogP contribution in [0, 0.1) is 6.92 Å². The Kier molecular flexibility index (Phi) is 4.95. The van der Waals surface area contributed by atoms with E-state index in [2.05, 4.69) is 9.71 Å². The number of hydrogen-bond donors (Lipinski definition) is 1. The number of benzene rings is 2. The van der Waals surface area contributed by atoms with Gasteiger partial charge in [0.25, 0.3) is 0 Å². The van der Waals surface area contributed by atoms with E-state index >= 15 is 0 Å². The molecule has 1 aromatic heterocycles. The first-order chi connectivity index (χ1) is 11.2. The summed E-state index contributed by atoms with van der Waals surface area (Å²) in [6, 6.07) is 23.2. The van der Waals surface area contributed by atoms with E-state index in [9.17, 15) is 4.21 Å². The van der Waals surface area contributed by atoms with Crippen LogP contribution in [0.5, 0.6) is 0 Å². The molecule has 0 bridgehead atoms. The van der Waals surface area contributed by atoms with Gasteiger partial charge in [-0.1, -0.05) is 54.1 Å². The highest BCUT2D eigenvalue weighted by Gasteiger charge is 2.18. The van der Waals surface area contributed by atoms with E-state index in [0.29, 0.717) is 0 Å². The van der Waals surface area contributed by atoms with Gasteiger partial charge in [0.15, 0.2) is 0 Å². The molecule has 2 atom stereocenters. The maximum atomic E-state index is 12.7. The van der Waals surface area contributed by atoms with Gasteiger partial charge in [0.2, 0.25) is 0 Å². The Balaban J connectivity index is 1.90. The van der Waals surface area contributed by atoms with E-state index in [0.717, 1.165) is 21.7 Å². The molecule has 116 valence electrons. The molecule has 0 fully saturated rings. The van der Waals surface area contributed by atoms with E-state index in [4.69, 9.17) is 0 Å². The summed E-state index contributed by atoms with van der Waals surface area (Å²) in [6.07, 6.45) is 1.75. The van der Waals surface area contributed by atoms with Crippen LogP contribution in [0.2, 0.25) is 0 Å². The van der Waals surface area contributed by atoms with Crippen LogP contribution in [0.25, 0.3) is 0 Å². The Morgan fingerprint density at radius 3 is 2.26 bits per heavy atom. The number of pyridine rings is 1. The van der Waals surface area contributed by atoms with E-state index in [-0.39, 0.29) is 6.04 Å². The third-order valence-electron chi connectivity index (χ3n) is 3.58. The van der Waals surface area contributed by atoms with Gasteiger partial charge in [-0.2, -0.15) is 0 Å². The van der Waals surface area contributed by atoms with Crippen molar-refractivity contribution in [2.24, 2.45) is 0 Å². The molecule has 1 unspecified atom stereocenters. The van der Waals surface area contributed by atoms with Crippen molar-refractivity contribution in [3.63, 3.8) is 0 Å². The second-order valence-electron chi connectivity index (χ2n) is 5.30. The monoisotopic (exact) mass is 322 g/mol. The lowest BCUT2D eigenvalue weighted by molar-refractivity contribution is 0.656. The van der Waals surface area contributed by atoms with Gasteiger partial charge in [-0.3, -0.25) is 4.98 Å². The van der Waals surface area contributed by atoms with Crippen LogP contribution in [0.4, 0.5) is 0 Å². The molecule has 0 saturated carbocycles. The average Bonchev–Trinajstić information content (AvgIpc) is 2.61. The van der Waals surface area contributed by atoms with Gasteiger partial charge in [0.05, 0.1) is 16.6 Å². The molecule has 3 aromatic rings. The lowest BCUT2D eigenvalue weighted by atomic mass is 10.0. The van der Waals surface area contributed by atoms with Crippen molar-refractivity contribution in [2.75, 3.05) is 0 Å². The Morgan fingerprint density at radius 2 is 1.61 bits per heavy atom. The smallest absolute Gasteiger partial charge is 0.125 e. The van der Waals surface area contributed by atoms with Crippen LogP contribution in [-0.4, -0.2) is 9.19 Å². The molecule has 0 spiro atoms. The van der Waals surface area contributed by atoms with Gasteiger partial charge in [0, 0.05) is 6.20 Å². The number of hydrogen-bond acceptors (Lipinski definition) is 2. The third kappa shape index (κ3) is 3.92. The molecule has 4 heteroatoms. The topological polar surface area (TPSA) is 42.0 Å². The highest BCUT2D eigenvalue weighted by molar-refractivity contribution is 7.83. The standard InChI is InChI=1S/C19H18N2OS/c1-15-10-12-17(13-11-15)23(22)21-19(16-7-3-2-4-8-16)18-9-5-6-14-20-18/h2-14,19,21H,1H3/t19-,23?/m1/s1. The highest BCUT2D eigenvalue weighted by atomic mass is 32.2. The SMILES string of the molecule is Cc1ccc(S(=O)N[C@H](c2ccccc2)c2ccccn2)cc1. The summed E-state index contributed by atoms with van der Waals surface area (Å²) in [7, 11) is -1.31. The van der Waals surface area contributed by atoms with E-state index in [1.165, 1.54) is 0 Å². The molecule has 0 amide bonds. The molecular formula is C19H18N2OS. The normalized spacial score (nSPS) is 13.4. The van der Waals surface area contributed by atoms with E-state index < -0.39 is 11.0 Å². The van der Waals surface area contributed by atoms with Crippen molar-refractivity contribution in [3.8, 4) is 0 Å². The molecule has 0 aliphatic rings. The molecule has 0 aliphatic carbocycles. The summed E-state index contributed by atoms with van der Waals surface area (Å²) in [5.74, 6) is 0. The van der Waals surface area contributed by atoms with Crippen LogP contribution in [0.3, 0.4) is 0 Å². The zero-order valence-corrected chi connectivity index (χ0v) is 13.7. The number of rotatable bonds is 5. The molecule has 1 heterocycles. The first-order valence-electron chi connectivity index (χ1n) is 7.44. The van der Waals surface area contributed by atoms with Crippen LogP contribution >= 0.6 is 0 Å². The van der Waals surface area contributed by atoms with Crippen molar-refractivity contribution in [2.45, 2.75) is 17.9 Å². The first-order valence-corrected chi connectivity index (χ1v) is 8.59. The summed E-state index contributed by atoms with van der Waals surface area (Å²) in [4.78, 5) is 5.18. The number of nitrogens with one attached hydrogen (secondary N) is 1. The van der Waals surface area contributed by atoms with Gasteiger partial charge in [-0.05, 0) is 36.8 Å². The minimum absolute atomic E-state index is 0.223. The molecule has 23 heavy (non-hydrogen) atoms. The van der Waals surface area contributed by atoms with Gasteiger partial charge >= 0.3 is 0 Å². The molecule has 3 nitrogen and oxygen atoms in total. The predicted molar refractivity (Wildman–Crippen MR) is 93.2 cm³/mol. The number of aromatic nitrogens is 1. The summed E-state index contributed by atoms with van der Waals surface area (Å²) in [5.41, 5.74) is 3.03. The molecule has 0 saturated heterocycles. The molecule has 2 aromatic carbocycles. The van der Waals surface area contributed by atoms with Crippen molar-refractivity contribution < 1.29 is 4.21 Å². The first kappa shape index (κ1) is 15.6.